The van der Waals surface area contributed by atoms with Crippen LogP contribution in [0.4, 0.5) is 0 Å². The highest BCUT2D eigenvalue weighted by atomic mass is 35.5. The Hall–Kier alpha value is -2.60. The predicted octanol–water partition coefficient (Wildman–Crippen LogP) is 3.49. The van der Waals surface area contributed by atoms with Gasteiger partial charge in [-0.3, -0.25) is 9.59 Å². The molecule has 1 saturated carbocycles. The molecular formula is C21H24ClN3O3. The molecule has 2 N–H and O–H groups in total. The van der Waals surface area contributed by atoms with Gasteiger partial charge in [0, 0.05) is 41.9 Å². The molecule has 0 unspecified atom stereocenters. The van der Waals surface area contributed by atoms with E-state index in [0.717, 1.165) is 18.4 Å². The Morgan fingerprint density at radius 2 is 1.86 bits per heavy atom. The number of halogens is 1. The summed E-state index contributed by atoms with van der Waals surface area (Å²) < 4.78 is 5.98. The van der Waals surface area contributed by atoms with Crippen LogP contribution in [0.1, 0.15) is 48.0 Å². The monoisotopic (exact) mass is 401 g/mol. The van der Waals surface area contributed by atoms with E-state index in [2.05, 4.69) is 15.6 Å². The molecule has 1 aliphatic carbocycles. The van der Waals surface area contributed by atoms with Gasteiger partial charge in [-0.15, -0.1) is 0 Å². The minimum absolute atomic E-state index is 0.146. The van der Waals surface area contributed by atoms with E-state index >= 15 is 0 Å². The summed E-state index contributed by atoms with van der Waals surface area (Å²) in [4.78, 5) is 28.4. The van der Waals surface area contributed by atoms with Gasteiger partial charge in [-0.2, -0.15) is 0 Å². The van der Waals surface area contributed by atoms with Crippen LogP contribution in [0.3, 0.4) is 0 Å². The summed E-state index contributed by atoms with van der Waals surface area (Å²) in [6, 6.07) is 10.3. The van der Waals surface area contributed by atoms with Gasteiger partial charge in [0.05, 0.1) is 0 Å². The number of nitrogens with one attached hydrogen (secondary N) is 2. The first-order chi connectivity index (χ1) is 13.6. The first kappa shape index (κ1) is 20.1. The maximum Gasteiger partial charge on any atom is 0.251 e. The number of carbonyl (C=O) groups excluding carboxylic acids is 2. The number of rotatable bonds is 8. The van der Waals surface area contributed by atoms with Gasteiger partial charge in [0.2, 0.25) is 11.8 Å². The summed E-state index contributed by atoms with van der Waals surface area (Å²) in [7, 11) is 0. The third-order valence-electron chi connectivity index (χ3n) is 4.65. The van der Waals surface area contributed by atoms with E-state index in [-0.39, 0.29) is 30.9 Å². The average Bonchev–Trinajstić information content (AvgIpc) is 3.21. The fourth-order valence-corrected chi connectivity index (χ4v) is 3.23. The Bertz CT molecular complexity index is 805. The van der Waals surface area contributed by atoms with Crippen molar-refractivity contribution in [2.45, 2.75) is 44.8 Å². The van der Waals surface area contributed by atoms with Crippen molar-refractivity contribution >= 4 is 23.4 Å². The first-order valence-electron chi connectivity index (χ1n) is 9.53. The molecule has 6 nitrogen and oxygen atoms in total. The Morgan fingerprint density at radius 1 is 1.11 bits per heavy atom. The van der Waals surface area contributed by atoms with Crippen molar-refractivity contribution in [1.82, 2.24) is 15.6 Å². The van der Waals surface area contributed by atoms with Crippen LogP contribution < -0.4 is 15.4 Å². The first-order valence-corrected chi connectivity index (χ1v) is 9.90. The molecule has 7 heteroatoms. The second-order valence-electron chi connectivity index (χ2n) is 6.78. The quantitative estimate of drug-likeness (QED) is 0.709. The molecule has 148 valence electrons. The van der Waals surface area contributed by atoms with Crippen molar-refractivity contribution in [3.05, 3.63) is 58.7 Å². The number of ether oxygens (including phenoxy) is 1. The summed E-state index contributed by atoms with van der Waals surface area (Å²) in [6.45, 7) is 0.603. The molecule has 1 fully saturated rings. The number of hydrogen-bond acceptors (Lipinski definition) is 4. The van der Waals surface area contributed by atoms with E-state index in [4.69, 9.17) is 16.3 Å². The summed E-state index contributed by atoms with van der Waals surface area (Å²) in [5.41, 5.74) is 1.36. The van der Waals surface area contributed by atoms with E-state index in [9.17, 15) is 9.59 Å². The second-order valence-corrected chi connectivity index (χ2v) is 7.22. The van der Waals surface area contributed by atoms with Gasteiger partial charge in [-0.05, 0) is 56.0 Å². The number of benzene rings is 1. The summed E-state index contributed by atoms with van der Waals surface area (Å²) in [5, 5.41) is 6.16. The molecule has 0 spiro atoms. The van der Waals surface area contributed by atoms with Crippen LogP contribution in [0.2, 0.25) is 5.02 Å². The average molecular weight is 402 g/mol. The maximum absolute atomic E-state index is 12.1. The van der Waals surface area contributed by atoms with E-state index in [1.54, 1.807) is 30.5 Å². The van der Waals surface area contributed by atoms with Crippen molar-refractivity contribution in [1.29, 1.82) is 0 Å². The van der Waals surface area contributed by atoms with Crippen LogP contribution in [-0.4, -0.2) is 29.4 Å². The van der Waals surface area contributed by atoms with Gasteiger partial charge in [0.15, 0.2) is 0 Å². The standard InChI is InChI=1S/C21H24ClN3O3/c22-17-9-7-15(8-10-17)20(27)23-13-11-19(26)25-14-16-4-3-12-24-21(16)28-18-5-1-2-6-18/h3-4,7-10,12,18H,1-2,5-6,11,13-14H2,(H,23,27)(H,25,26). The van der Waals surface area contributed by atoms with Crippen LogP contribution in [0.15, 0.2) is 42.6 Å². The van der Waals surface area contributed by atoms with Crippen LogP contribution in [-0.2, 0) is 11.3 Å². The summed E-state index contributed by atoms with van der Waals surface area (Å²) in [6.07, 6.45) is 6.58. The number of pyridine rings is 1. The molecular weight excluding hydrogens is 378 g/mol. The largest absolute Gasteiger partial charge is 0.474 e. The lowest BCUT2D eigenvalue weighted by atomic mass is 10.2. The third kappa shape index (κ3) is 5.96. The zero-order valence-electron chi connectivity index (χ0n) is 15.6. The molecule has 1 aliphatic rings. The number of amides is 2. The van der Waals surface area contributed by atoms with Gasteiger partial charge in [0.1, 0.15) is 6.10 Å². The molecule has 0 saturated heterocycles. The Labute approximate surface area is 169 Å². The Kier molecular flexibility index (Phi) is 7.25. The van der Waals surface area contributed by atoms with Crippen LogP contribution in [0.25, 0.3) is 0 Å². The molecule has 0 bridgehead atoms. The molecule has 3 rings (SSSR count). The van der Waals surface area contributed by atoms with Gasteiger partial charge >= 0.3 is 0 Å². The fraction of sp³-hybridized carbons (Fsp3) is 0.381. The highest BCUT2D eigenvalue weighted by Gasteiger charge is 2.18. The van der Waals surface area contributed by atoms with Crippen molar-refractivity contribution in [2.75, 3.05) is 6.54 Å². The number of nitrogens with zero attached hydrogens (tertiary/aromatic N) is 1. The van der Waals surface area contributed by atoms with Crippen molar-refractivity contribution < 1.29 is 14.3 Å². The Balaban J connectivity index is 1.42. The van der Waals surface area contributed by atoms with Gasteiger partial charge in [-0.1, -0.05) is 17.7 Å². The minimum Gasteiger partial charge on any atom is -0.474 e. The van der Waals surface area contributed by atoms with Crippen molar-refractivity contribution in [2.24, 2.45) is 0 Å². The van der Waals surface area contributed by atoms with Crippen LogP contribution >= 0.6 is 11.6 Å². The SMILES string of the molecule is O=C(CCNC(=O)c1ccc(Cl)cc1)NCc1cccnc1OC1CCCC1. The van der Waals surface area contributed by atoms with Crippen molar-refractivity contribution in [3.63, 3.8) is 0 Å². The molecule has 2 aromatic rings. The lowest BCUT2D eigenvalue weighted by molar-refractivity contribution is -0.121. The fourth-order valence-electron chi connectivity index (χ4n) is 3.10. The highest BCUT2D eigenvalue weighted by Crippen LogP contribution is 2.24. The summed E-state index contributed by atoms with van der Waals surface area (Å²) >= 11 is 5.81. The predicted molar refractivity (Wildman–Crippen MR) is 107 cm³/mol. The van der Waals surface area contributed by atoms with Gasteiger partial charge in [0.25, 0.3) is 5.91 Å². The normalized spacial score (nSPS) is 13.9. The highest BCUT2D eigenvalue weighted by molar-refractivity contribution is 6.30. The maximum atomic E-state index is 12.1. The molecule has 2 amide bonds. The molecule has 1 aromatic carbocycles. The number of hydrogen-bond donors (Lipinski definition) is 2. The topological polar surface area (TPSA) is 80.3 Å². The molecule has 1 heterocycles. The van der Waals surface area contributed by atoms with Gasteiger partial charge < -0.3 is 15.4 Å². The van der Waals surface area contributed by atoms with Crippen molar-refractivity contribution in [3.8, 4) is 5.88 Å². The zero-order valence-corrected chi connectivity index (χ0v) is 16.4. The third-order valence-corrected chi connectivity index (χ3v) is 4.90. The van der Waals surface area contributed by atoms with E-state index in [1.165, 1.54) is 12.8 Å². The molecule has 28 heavy (non-hydrogen) atoms. The zero-order chi connectivity index (χ0) is 19.8. The minimum atomic E-state index is -0.232. The van der Waals surface area contributed by atoms with Gasteiger partial charge in [-0.25, -0.2) is 4.98 Å². The molecule has 1 aromatic heterocycles. The van der Waals surface area contributed by atoms with E-state index in [0.29, 0.717) is 23.0 Å². The lowest BCUT2D eigenvalue weighted by Gasteiger charge is -2.15. The molecule has 0 atom stereocenters. The molecule has 0 radical (unpaired) electrons. The molecule has 0 aliphatic heterocycles. The van der Waals surface area contributed by atoms with E-state index in [1.807, 2.05) is 12.1 Å². The number of carbonyl (C=O) groups is 2. The van der Waals surface area contributed by atoms with E-state index < -0.39 is 0 Å². The Morgan fingerprint density at radius 3 is 2.61 bits per heavy atom. The summed E-state index contributed by atoms with van der Waals surface area (Å²) in [5.74, 6) is 0.210. The lowest BCUT2D eigenvalue weighted by Crippen LogP contribution is -2.30. The van der Waals surface area contributed by atoms with Crippen LogP contribution in [0.5, 0.6) is 5.88 Å². The van der Waals surface area contributed by atoms with Crippen LogP contribution in [0, 0.1) is 0 Å². The second kappa shape index (κ2) is 10.1. The number of aromatic nitrogens is 1. The smallest absolute Gasteiger partial charge is 0.251 e.